The van der Waals surface area contributed by atoms with Crippen LogP contribution in [0.1, 0.15) is 12.5 Å². The van der Waals surface area contributed by atoms with Gasteiger partial charge in [0.05, 0.1) is 7.11 Å². The molecule has 0 saturated carbocycles. The molecule has 5 N–H and O–H groups in total. The minimum Gasteiger partial charge on any atom is -0.497 e. The standard InChI is InChI=1S/C11H16N2O2/c1-11(13,10(12)14)7-8-3-5-9(15-2)6-4-8/h3-6H,7,13H2,1-2H3,(H2,12,14)/p+1/t11-/m0/s1. The summed E-state index contributed by atoms with van der Waals surface area (Å²) in [6, 6.07) is 7.52. The Hall–Kier alpha value is -1.55. The first-order chi connectivity index (χ1) is 6.95. The van der Waals surface area contributed by atoms with Gasteiger partial charge in [-0.2, -0.15) is 0 Å². The Balaban J connectivity index is 2.77. The first kappa shape index (κ1) is 11.5. The van der Waals surface area contributed by atoms with E-state index in [1.807, 2.05) is 24.3 Å². The van der Waals surface area contributed by atoms with Crippen LogP contribution in [0.25, 0.3) is 0 Å². The second-order valence-corrected chi connectivity index (χ2v) is 3.95. The molecule has 0 fully saturated rings. The maximum atomic E-state index is 11.1. The van der Waals surface area contributed by atoms with Crippen molar-refractivity contribution in [2.45, 2.75) is 18.9 Å². The number of hydrogen-bond acceptors (Lipinski definition) is 2. The van der Waals surface area contributed by atoms with E-state index in [-0.39, 0.29) is 0 Å². The summed E-state index contributed by atoms with van der Waals surface area (Å²) in [7, 11) is 1.61. The van der Waals surface area contributed by atoms with E-state index in [4.69, 9.17) is 10.5 Å². The molecule has 1 atom stereocenters. The van der Waals surface area contributed by atoms with Crippen LogP contribution >= 0.6 is 0 Å². The molecule has 0 aliphatic heterocycles. The Morgan fingerprint density at radius 3 is 2.40 bits per heavy atom. The smallest absolute Gasteiger partial charge is 0.278 e. The highest BCUT2D eigenvalue weighted by atomic mass is 16.5. The molecule has 0 heterocycles. The van der Waals surface area contributed by atoms with Gasteiger partial charge in [-0.15, -0.1) is 0 Å². The lowest BCUT2D eigenvalue weighted by molar-refractivity contribution is -0.451. The van der Waals surface area contributed by atoms with E-state index < -0.39 is 11.4 Å². The predicted molar refractivity (Wildman–Crippen MR) is 57.2 cm³/mol. The van der Waals surface area contributed by atoms with Crippen LogP contribution in [0.15, 0.2) is 24.3 Å². The molecular formula is C11H17N2O2+. The van der Waals surface area contributed by atoms with Crippen molar-refractivity contribution < 1.29 is 15.3 Å². The third-order valence-electron chi connectivity index (χ3n) is 2.35. The van der Waals surface area contributed by atoms with Crippen molar-refractivity contribution in [1.29, 1.82) is 0 Å². The fourth-order valence-electron chi connectivity index (χ4n) is 1.28. The number of methoxy groups -OCH3 is 1. The van der Waals surface area contributed by atoms with Crippen LogP contribution in [0.5, 0.6) is 5.75 Å². The first-order valence-electron chi connectivity index (χ1n) is 4.74. The van der Waals surface area contributed by atoms with Gasteiger partial charge in [0.25, 0.3) is 5.91 Å². The Morgan fingerprint density at radius 2 is 2.00 bits per heavy atom. The Morgan fingerprint density at radius 1 is 1.47 bits per heavy atom. The third kappa shape index (κ3) is 2.95. The summed E-state index contributed by atoms with van der Waals surface area (Å²) in [5.74, 6) is 0.405. The van der Waals surface area contributed by atoms with Crippen LogP contribution < -0.4 is 16.2 Å². The van der Waals surface area contributed by atoms with Gasteiger partial charge in [-0.3, -0.25) is 4.79 Å². The lowest BCUT2D eigenvalue weighted by Crippen LogP contribution is -2.77. The normalized spacial score (nSPS) is 14.3. The number of benzene rings is 1. The van der Waals surface area contributed by atoms with Crippen molar-refractivity contribution >= 4 is 5.91 Å². The van der Waals surface area contributed by atoms with Crippen molar-refractivity contribution in [2.75, 3.05) is 7.11 Å². The number of primary amides is 1. The van der Waals surface area contributed by atoms with E-state index in [1.165, 1.54) is 0 Å². The van der Waals surface area contributed by atoms with Crippen molar-refractivity contribution in [3.63, 3.8) is 0 Å². The van der Waals surface area contributed by atoms with E-state index in [0.29, 0.717) is 6.42 Å². The molecule has 15 heavy (non-hydrogen) atoms. The highest BCUT2D eigenvalue weighted by Gasteiger charge is 2.30. The molecule has 0 radical (unpaired) electrons. The minimum absolute atomic E-state index is 0.390. The van der Waals surface area contributed by atoms with Crippen LogP contribution in [0, 0.1) is 0 Å². The lowest BCUT2D eigenvalue weighted by Gasteiger charge is -2.16. The van der Waals surface area contributed by atoms with Crippen molar-refractivity contribution in [3.8, 4) is 5.75 Å². The zero-order valence-electron chi connectivity index (χ0n) is 9.12. The number of carbonyl (C=O) groups excluding carboxylic acids is 1. The van der Waals surface area contributed by atoms with Gasteiger partial charge in [0.1, 0.15) is 5.75 Å². The van der Waals surface area contributed by atoms with E-state index >= 15 is 0 Å². The molecule has 1 rings (SSSR count). The highest BCUT2D eigenvalue weighted by Crippen LogP contribution is 2.14. The zero-order valence-corrected chi connectivity index (χ0v) is 9.12. The fraction of sp³-hybridized carbons (Fsp3) is 0.364. The third-order valence-corrected chi connectivity index (χ3v) is 2.35. The summed E-state index contributed by atoms with van der Waals surface area (Å²) in [5, 5.41) is 0. The second-order valence-electron chi connectivity index (χ2n) is 3.95. The number of hydrogen-bond donors (Lipinski definition) is 2. The Kier molecular flexibility index (Phi) is 3.31. The van der Waals surface area contributed by atoms with Crippen LogP contribution in [0.4, 0.5) is 0 Å². The second kappa shape index (κ2) is 4.31. The van der Waals surface area contributed by atoms with Crippen molar-refractivity contribution in [2.24, 2.45) is 5.73 Å². The molecule has 82 valence electrons. The Labute approximate surface area is 89.2 Å². The SMILES string of the molecule is COc1ccc(C[C@](C)([NH3+])C(N)=O)cc1. The Bertz CT molecular complexity index is 344. The number of amides is 1. The maximum Gasteiger partial charge on any atom is 0.278 e. The monoisotopic (exact) mass is 209 g/mol. The van der Waals surface area contributed by atoms with Crippen LogP contribution in [0.3, 0.4) is 0 Å². The zero-order chi connectivity index (χ0) is 11.5. The van der Waals surface area contributed by atoms with E-state index in [9.17, 15) is 4.79 Å². The molecule has 0 aliphatic carbocycles. The summed E-state index contributed by atoms with van der Waals surface area (Å²) in [6.45, 7) is 1.74. The van der Waals surface area contributed by atoms with Crippen molar-refractivity contribution in [3.05, 3.63) is 29.8 Å². The van der Waals surface area contributed by atoms with Gasteiger partial charge < -0.3 is 16.2 Å². The summed E-state index contributed by atoms with van der Waals surface area (Å²) in [6.07, 6.45) is 0.534. The number of rotatable bonds is 4. The van der Waals surface area contributed by atoms with E-state index in [2.05, 4.69) is 5.73 Å². The van der Waals surface area contributed by atoms with Crippen LogP contribution in [-0.4, -0.2) is 18.6 Å². The molecule has 0 aliphatic rings. The van der Waals surface area contributed by atoms with Gasteiger partial charge in [0.2, 0.25) is 0 Å². The predicted octanol–water partition coefficient (Wildman–Crippen LogP) is -0.276. The maximum absolute atomic E-state index is 11.1. The molecule has 1 aromatic carbocycles. The molecular weight excluding hydrogens is 192 g/mol. The van der Waals surface area contributed by atoms with Crippen molar-refractivity contribution in [1.82, 2.24) is 0 Å². The van der Waals surface area contributed by atoms with E-state index in [1.54, 1.807) is 14.0 Å². The molecule has 1 amide bonds. The van der Waals surface area contributed by atoms with E-state index in [0.717, 1.165) is 11.3 Å². The van der Waals surface area contributed by atoms with Gasteiger partial charge in [0.15, 0.2) is 5.54 Å². The molecule has 4 heteroatoms. The lowest BCUT2D eigenvalue weighted by atomic mass is 9.93. The number of carbonyl (C=O) groups is 1. The largest absolute Gasteiger partial charge is 0.497 e. The summed E-state index contributed by atoms with van der Waals surface area (Å²) in [5.41, 5.74) is 9.31. The average Bonchev–Trinajstić information content (AvgIpc) is 2.18. The topological polar surface area (TPSA) is 80.0 Å². The van der Waals surface area contributed by atoms with Crippen LogP contribution in [-0.2, 0) is 11.2 Å². The number of ether oxygens (including phenoxy) is 1. The summed E-state index contributed by atoms with van der Waals surface area (Å²) < 4.78 is 5.04. The van der Waals surface area contributed by atoms with Crippen LogP contribution in [0.2, 0.25) is 0 Å². The molecule has 0 unspecified atom stereocenters. The summed E-state index contributed by atoms with van der Waals surface area (Å²) >= 11 is 0. The molecule has 0 aromatic heterocycles. The summed E-state index contributed by atoms with van der Waals surface area (Å²) in [4.78, 5) is 11.1. The molecule has 0 saturated heterocycles. The van der Waals surface area contributed by atoms with Gasteiger partial charge in [0, 0.05) is 13.3 Å². The highest BCUT2D eigenvalue weighted by molar-refractivity contribution is 5.82. The average molecular weight is 209 g/mol. The molecule has 0 bridgehead atoms. The first-order valence-corrected chi connectivity index (χ1v) is 4.74. The molecule has 1 aromatic rings. The number of quaternary nitrogens is 1. The van der Waals surface area contributed by atoms with Gasteiger partial charge in [-0.05, 0) is 17.7 Å². The van der Waals surface area contributed by atoms with Gasteiger partial charge in [-0.25, -0.2) is 0 Å². The quantitative estimate of drug-likeness (QED) is 0.715. The minimum atomic E-state index is -0.755. The number of nitrogens with two attached hydrogens (primary N) is 1. The van der Waals surface area contributed by atoms with Gasteiger partial charge in [-0.1, -0.05) is 12.1 Å². The fourth-order valence-corrected chi connectivity index (χ4v) is 1.28. The molecule has 4 nitrogen and oxygen atoms in total. The van der Waals surface area contributed by atoms with Gasteiger partial charge >= 0.3 is 0 Å². The molecule has 0 spiro atoms.